The minimum atomic E-state index is -0.406. The summed E-state index contributed by atoms with van der Waals surface area (Å²) < 4.78 is 11.7. The van der Waals surface area contributed by atoms with Crippen molar-refractivity contribution in [1.82, 2.24) is 4.98 Å². The first-order valence-corrected chi connectivity index (χ1v) is 6.35. The van der Waals surface area contributed by atoms with Crippen molar-refractivity contribution in [3.63, 3.8) is 0 Å². The zero-order chi connectivity index (χ0) is 11.9. The van der Waals surface area contributed by atoms with Gasteiger partial charge < -0.3 is 15.2 Å². The van der Waals surface area contributed by atoms with Gasteiger partial charge in [0.2, 0.25) is 0 Å². The van der Waals surface area contributed by atoms with Crippen LogP contribution in [0.15, 0.2) is 18.2 Å². The van der Waals surface area contributed by atoms with E-state index in [9.17, 15) is 0 Å². The van der Waals surface area contributed by atoms with Crippen molar-refractivity contribution in [2.45, 2.75) is 12.0 Å². The van der Waals surface area contributed by atoms with Crippen molar-refractivity contribution < 1.29 is 9.47 Å². The number of nitrogens with zero attached hydrogens (tertiary/aromatic N) is 1. The Hall–Kier alpha value is -1.17. The van der Waals surface area contributed by atoms with Gasteiger partial charge in [0.25, 0.3) is 0 Å². The van der Waals surface area contributed by atoms with Gasteiger partial charge in [-0.1, -0.05) is 0 Å². The molecule has 1 atom stereocenters. The zero-order valence-corrected chi connectivity index (χ0v) is 10.4. The number of aromatic nitrogens is 1. The molecule has 0 amide bonds. The molecule has 0 saturated carbocycles. The van der Waals surface area contributed by atoms with Gasteiger partial charge in [0, 0.05) is 6.61 Å². The molecule has 1 aromatic carbocycles. The normalized spacial score (nSPS) is 24.4. The molecule has 90 valence electrons. The smallest absolute Gasteiger partial charge is 0.120 e. The molecule has 1 aliphatic heterocycles. The fourth-order valence-electron chi connectivity index (χ4n) is 1.99. The van der Waals surface area contributed by atoms with Crippen molar-refractivity contribution in [3.8, 4) is 5.75 Å². The molecule has 0 bridgehead atoms. The summed E-state index contributed by atoms with van der Waals surface area (Å²) in [5.74, 6) is 0.849. The lowest BCUT2D eigenvalue weighted by atomic mass is 10.0. The molecule has 5 heteroatoms. The van der Waals surface area contributed by atoms with Crippen molar-refractivity contribution in [1.29, 1.82) is 0 Å². The minimum absolute atomic E-state index is 0.406. The van der Waals surface area contributed by atoms with Crippen molar-refractivity contribution in [3.05, 3.63) is 23.2 Å². The topological polar surface area (TPSA) is 57.4 Å². The number of benzene rings is 1. The van der Waals surface area contributed by atoms with Crippen molar-refractivity contribution in [2.75, 3.05) is 20.3 Å². The van der Waals surface area contributed by atoms with Gasteiger partial charge in [-0.15, -0.1) is 11.3 Å². The molecular weight excluding hydrogens is 236 g/mol. The molecule has 0 radical (unpaired) electrons. The van der Waals surface area contributed by atoms with Gasteiger partial charge in [0.1, 0.15) is 10.8 Å². The maximum absolute atomic E-state index is 6.31. The summed E-state index contributed by atoms with van der Waals surface area (Å²) >= 11 is 1.63. The molecule has 17 heavy (non-hydrogen) atoms. The average molecular weight is 250 g/mol. The van der Waals surface area contributed by atoms with E-state index in [0.717, 1.165) is 34.0 Å². The lowest BCUT2D eigenvalue weighted by molar-refractivity contribution is 0.178. The molecule has 1 saturated heterocycles. The molecular formula is C12H14N2O2S. The van der Waals surface area contributed by atoms with Crippen LogP contribution in [-0.2, 0) is 10.3 Å². The highest BCUT2D eigenvalue weighted by molar-refractivity contribution is 7.18. The first kappa shape index (κ1) is 11.0. The van der Waals surface area contributed by atoms with Crippen LogP contribution in [0.3, 0.4) is 0 Å². The summed E-state index contributed by atoms with van der Waals surface area (Å²) in [4.78, 5) is 4.60. The van der Waals surface area contributed by atoms with E-state index < -0.39 is 5.54 Å². The second-order valence-electron chi connectivity index (χ2n) is 4.31. The molecule has 1 fully saturated rings. The number of hydrogen-bond acceptors (Lipinski definition) is 5. The molecule has 3 rings (SSSR count). The van der Waals surface area contributed by atoms with Gasteiger partial charge in [-0.25, -0.2) is 4.98 Å². The van der Waals surface area contributed by atoms with Crippen LogP contribution >= 0.6 is 11.3 Å². The monoisotopic (exact) mass is 250 g/mol. The number of fused-ring (bicyclic) bond motifs is 1. The zero-order valence-electron chi connectivity index (χ0n) is 9.60. The average Bonchev–Trinajstić information content (AvgIpc) is 2.94. The van der Waals surface area contributed by atoms with Crippen LogP contribution in [0.5, 0.6) is 5.75 Å². The lowest BCUT2D eigenvalue weighted by Gasteiger charge is -2.17. The summed E-state index contributed by atoms with van der Waals surface area (Å²) in [7, 11) is 1.67. The molecule has 2 heterocycles. The summed E-state index contributed by atoms with van der Waals surface area (Å²) in [6, 6.07) is 5.88. The van der Waals surface area contributed by atoms with Gasteiger partial charge in [-0.2, -0.15) is 0 Å². The quantitative estimate of drug-likeness (QED) is 0.884. The van der Waals surface area contributed by atoms with Crippen molar-refractivity contribution in [2.24, 2.45) is 5.73 Å². The number of ether oxygens (including phenoxy) is 2. The van der Waals surface area contributed by atoms with E-state index in [2.05, 4.69) is 4.98 Å². The van der Waals surface area contributed by atoms with Crippen LogP contribution in [0.25, 0.3) is 10.2 Å². The van der Waals surface area contributed by atoms with Gasteiger partial charge >= 0.3 is 0 Å². The third-order valence-corrected chi connectivity index (χ3v) is 4.31. The first-order chi connectivity index (χ1) is 8.21. The summed E-state index contributed by atoms with van der Waals surface area (Å²) in [5, 5.41) is 0.957. The molecule has 1 aromatic heterocycles. The third kappa shape index (κ3) is 1.80. The Labute approximate surface area is 103 Å². The van der Waals surface area contributed by atoms with E-state index in [-0.39, 0.29) is 0 Å². The van der Waals surface area contributed by atoms with Crippen LogP contribution < -0.4 is 10.5 Å². The Morgan fingerprint density at radius 1 is 1.53 bits per heavy atom. The second kappa shape index (κ2) is 3.94. The number of thiazole rings is 1. The largest absolute Gasteiger partial charge is 0.497 e. The summed E-state index contributed by atoms with van der Waals surface area (Å²) in [5.41, 5.74) is 6.88. The highest BCUT2D eigenvalue weighted by Crippen LogP contribution is 2.35. The van der Waals surface area contributed by atoms with Crippen LogP contribution in [0.4, 0.5) is 0 Å². The number of methoxy groups -OCH3 is 1. The van der Waals surface area contributed by atoms with Crippen LogP contribution in [0, 0.1) is 0 Å². The standard InChI is InChI=1S/C12H14N2O2S/c1-15-8-2-3-9-10(6-8)17-11(14-9)12(13)4-5-16-7-12/h2-3,6H,4-5,7,13H2,1H3. The van der Waals surface area contributed by atoms with E-state index in [0.29, 0.717) is 6.61 Å². The Bertz CT molecular complexity index is 546. The molecule has 1 unspecified atom stereocenters. The molecule has 0 spiro atoms. The van der Waals surface area contributed by atoms with Crippen LogP contribution in [-0.4, -0.2) is 25.3 Å². The SMILES string of the molecule is COc1ccc2nc(C3(N)CCOC3)sc2c1. The summed E-state index contributed by atoms with van der Waals surface area (Å²) in [6.07, 6.45) is 0.837. The molecule has 1 aliphatic rings. The summed E-state index contributed by atoms with van der Waals surface area (Å²) in [6.45, 7) is 1.28. The number of rotatable bonds is 2. The predicted octanol–water partition coefficient (Wildman–Crippen LogP) is 1.88. The fraction of sp³-hybridized carbons (Fsp3) is 0.417. The predicted molar refractivity (Wildman–Crippen MR) is 67.5 cm³/mol. The highest BCUT2D eigenvalue weighted by Gasteiger charge is 2.35. The Morgan fingerprint density at radius 3 is 3.12 bits per heavy atom. The third-order valence-electron chi connectivity index (χ3n) is 3.07. The maximum atomic E-state index is 6.31. The first-order valence-electron chi connectivity index (χ1n) is 5.53. The molecule has 2 aromatic rings. The van der Waals surface area contributed by atoms with Gasteiger partial charge in [0.05, 0.1) is 29.5 Å². The second-order valence-corrected chi connectivity index (χ2v) is 5.34. The molecule has 0 aliphatic carbocycles. The number of hydrogen-bond donors (Lipinski definition) is 1. The lowest BCUT2D eigenvalue weighted by Crippen LogP contribution is -2.36. The van der Waals surface area contributed by atoms with E-state index in [1.54, 1.807) is 18.4 Å². The van der Waals surface area contributed by atoms with Crippen molar-refractivity contribution >= 4 is 21.6 Å². The highest BCUT2D eigenvalue weighted by atomic mass is 32.1. The Morgan fingerprint density at radius 2 is 2.41 bits per heavy atom. The maximum Gasteiger partial charge on any atom is 0.120 e. The van der Waals surface area contributed by atoms with E-state index in [1.165, 1.54) is 0 Å². The Kier molecular flexibility index (Phi) is 2.54. The molecule has 2 N–H and O–H groups in total. The van der Waals surface area contributed by atoms with E-state index in [4.69, 9.17) is 15.2 Å². The van der Waals surface area contributed by atoms with Crippen LogP contribution in [0.1, 0.15) is 11.4 Å². The van der Waals surface area contributed by atoms with Gasteiger partial charge in [0.15, 0.2) is 0 Å². The fourth-order valence-corrected chi connectivity index (χ4v) is 3.10. The van der Waals surface area contributed by atoms with Gasteiger partial charge in [-0.3, -0.25) is 0 Å². The van der Waals surface area contributed by atoms with E-state index >= 15 is 0 Å². The van der Waals surface area contributed by atoms with Crippen LogP contribution in [0.2, 0.25) is 0 Å². The number of nitrogens with two attached hydrogens (primary N) is 1. The minimum Gasteiger partial charge on any atom is -0.497 e. The van der Waals surface area contributed by atoms with Gasteiger partial charge in [-0.05, 0) is 24.6 Å². The Balaban J connectivity index is 2.07. The molecule has 4 nitrogen and oxygen atoms in total. The van der Waals surface area contributed by atoms with E-state index in [1.807, 2.05) is 18.2 Å².